The molecule has 2 heterocycles. The minimum Gasteiger partial charge on any atom is -0.379 e. The summed E-state index contributed by atoms with van der Waals surface area (Å²) in [5, 5.41) is 7.52. The normalized spacial score (nSPS) is 16.1. The van der Waals surface area contributed by atoms with E-state index in [1.165, 1.54) is 5.56 Å². The van der Waals surface area contributed by atoms with Gasteiger partial charge >= 0.3 is 6.18 Å². The van der Waals surface area contributed by atoms with Gasteiger partial charge in [0.25, 0.3) is 0 Å². The molecule has 0 radical (unpaired) electrons. The molecule has 1 aromatic carbocycles. The first-order valence-corrected chi connectivity index (χ1v) is 10.2. The van der Waals surface area contributed by atoms with Crippen molar-refractivity contribution < 1.29 is 17.9 Å². The second kappa shape index (κ2) is 10.0. The number of aliphatic imine (C=N–C) groups is 1. The van der Waals surface area contributed by atoms with Gasteiger partial charge in [-0.25, -0.2) is 4.98 Å². The van der Waals surface area contributed by atoms with Crippen molar-refractivity contribution in [2.45, 2.75) is 25.8 Å². The summed E-state index contributed by atoms with van der Waals surface area (Å²) < 4.78 is 43.2. The number of morpholine rings is 1. The minimum absolute atomic E-state index is 0.179. The van der Waals surface area contributed by atoms with Crippen LogP contribution in [0.15, 0.2) is 34.6 Å². The van der Waals surface area contributed by atoms with E-state index in [4.69, 9.17) is 4.74 Å². The topological polar surface area (TPSA) is 61.8 Å². The summed E-state index contributed by atoms with van der Waals surface area (Å²) in [6.07, 6.45) is -4.41. The summed E-state index contributed by atoms with van der Waals surface area (Å²) in [6.45, 7) is 5.12. The predicted octanol–water partition coefficient (Wildman–Crippen LogP) is 2.86. The number of hydrogen-bond acceptors (Lipinski definition) is 5. The number of benzene rings is 1. The van der Waals surface area contributed by atoms with E-state index < -0.39 is 11.9 Å². The third kappa shape index (κ3) is 6.69. The molecule has 3 rings (SSSR count). The molecule has 0 spiro atoms. The van der Waals surface area contributed by atoms with E-state index in [9.17, 15) is 13.2 Å². The van der Waals surface area contributed by atoms with E-state index in [1.54, 1.807) is 7.05 Å². The van der Waals surface area contributed by atoms with Crippen LogP contribution in [0.4, 0.5) is 13.2 Å². The van der Waals surface area contributed by atoms with Crippen molar-refractivity contribution in [1.29, 1.82) is 0 Å². The number of rotatable bonds is 6. The number of alkyl halides is 3. The Morgan fingerprint density at radius 3 is 2.41 bits per heavy atom. The van der Waals surface area contributed by atoms with Crippen LogP contribution in [-0.4, -0.2) is 49.2 Å². The van der Waals surface area contributed by atoms with Crippen LogP contribution >= 0.6 is 11.3 Å². The maximum absolute atomic E-state index is 12.6. The number of nitrogens with one attached hydrogen (secondary N) is 2. The average Bonchev–Trinajstić information content (AvgIpc) is 3.20. The van der Waals surface area contributed by atoms with E-state index in [-0.39, 0.29) is 6.54 Å². The van der Waals surface area contributed by atoms with Gasteiger partial charge in [0, 0.05) is 38.6 Å². The molecule has 1 saturated heterocycles. The zero-order valence-electron chi connectivity index (χ0n) is 16.1. The molecule has 0 bridgehead atoms. The molecule has 0 saturated carbocycles. The first-order valence-electron chi connectivity index (χ1n) is 9.28. The summed E-state index contributed by atoms with van der Waals surface area (Å²) in [5.74, 6) is 0.506. The molecule has 2 N–H and O–H groups in total. The van der Waals surface area contributed by atoms with Crippen LogP contribution < -0.4 is 10.6 Å². The molecule has 1 aliphatic rings. The van der Waals surface area contributed by atoms with Crippen LogP contribution in [0.2, 0.25) is 0 Å². The molecule has 0 amide bonds. The first-order chi connectivity index (χ1) is 13.9. The number of hydrogen-bond donors (Lipinski definition) is 2. The number of ether oxygens (including phenoxy) is 1. The van der Waals surface area contributed by atoms with E-state index in [0.717, 1.165) is 55.1 Å². The zero-order valence-corrected chi connectivity index (χ0v) is 16.9. The van der Waals surface area contributed by atoms with Gasteiger partial charge in [-0.15, -0.1) is 11.3 Å². The molecule has 6 nitrogen and oxygen atoms in total. The number of nitrogens with zero attached hydrogens (tertiary/aromatic N) is 3. The molecule has 158 valence electrons. The third-order valence-corrected chi connectivity index (χ3v) is 5.31. The number of aromatic nitrogens is 1. The molecule has 0 atom stereocenters. The van der Waals surface area contributed by atoms with Crippen LogP contribution in [0.25, 0.3) is 0 Å². The van der Waals surface area contributed by atoms with Gasteiger partial charge < -0.3 is 15.4 Å². The van der Waals surface area contributed by atoms with Crippen LogP contribution in [0, 0.1) is 0 Å². The average molecular weight is 427 g/mol. The number of thiazole rings is 1. The highest BCUT2D eigenvalue weighted by molar-refractivity contribution is 7.09. The Morgan fingerprint density at radius 1 is 1.14 bits per heavy atom. The summed E-state index contributed by atoms with van der Waals surface area (Å²) >= 11 is 0.971. The minimum atomic E-state index is -4.41. The zero-order chi connectivity index (χ0) is 20.7. The van der Waals surface area contributed by atoms with E-state index in [1.807, 2.05) is 0 Å². The van der Waals surface area contributed by atoms with Gasteiger partial charge in [-0.1, -0.05) is 24.3 Å². The van der Waals surface area contributed by atoms with Gasteiger partial charge in [-0.05, 0) is 11.1 Å². The van der Waals surface area contributed by atoms with E-state index >= 15 is 0 Å². The Labute approximate surface area is 171 Å². The van der Waals surface area contributed by atoms with Gasteiger partial charge in [0.1, 0.15) is 5.01 Å². The largest absolute Gasteiger partial charge is 0.434 e. The Hall–Kier alpha value is -2.17. The Morgan fingerprint density at radius 2 is 1.79 bits per heavy atom. The summed E-state index contributed by atoms with van der Waals surface area (Å²) in [5.41, 5.74) is 1.48. The summed E-state index contributed by atoms with van der Waals surface area (Å²) in [7, 11) is 1.61. The summed E-state index contributed by atoms with van der Waals surface area (Å²) in [4.78, 5) is 10.1. The van der Waals surface area contributed by atoms with Crippen LogP contribution in [0.1, 0.15) is 21.8 Å². The summed E-state index contributed by atoms with van der Waals surface area (Å²) in [6, 6.07) is 8.34. The van der Waals surface area contributed by atoms with Crippen LogP contribution in [0.5, 0.6) is 0 Å². The van der Waals surface area contributed by atoms with Crippen LogP contribution in [0.3, 0.4) is 0 Å². The number of halogens is 3. The Kier molecular flexibility index (Phi) is 7.45. The monoisotopic (exact) mass is 427 g/mol. The number of guanidine groups is 1. The van der Waals surface area contributed by atoms with Crippen molar-refractivity contribution in [2.75, 3.05) is 33.4 Å². The molecular weight excluding hydrogens is 403 g/mol. The fourth-order valence-corrected chi connectivity index (χ4v) is 3.61. The van der Waals surface area contributed by atoms with Crippen molar-refractivity contribution >= 4 is 17.3 Å². The molecule has 1 aromatic heterocycles. The van der Waals surface area contributed by atoms with Crippen LogP contribution in [-0.2, 0) is 30.5 Å². The fraction of sp³-hybridized carbons (Fsp3) is 0.474. The van der Waals surface area contributed by atoms with Gasteiger partial charge in [0.15, 0.2) is 11.7 Å². The second-order valence-electron chi connectivity index (χ2n) is 6.61. The van der Waals surface area contributed by atoms with Crippen molar-refractivity contribution in [3.63, 3.8) is 0 Å². The highest BCUT2D eigenvalue weighted by Gasteiger charge is 2.33. The molecule has 1 aliphatic heterocycles. The molecule has 29 heavy (non-hydrogen) atoms. The first kappa shape index (κ1) is 21.5. The van der Waals surface area contributed by atoms with E-state index in [0.29, 0.717) is 17.5 Å². The Bertz CT molecular complexity index is 801. The molecule has 0 aliphatic carbocycles. The van der Waals surface area contributed by atoms with Gasteiger partial charge in [-0.3, -0.25) is 9.89 Å². The standard InChI is InChI=1S/C19H24F3N5OS/c1-23-18(25-11-17-26-16(13-29-17)19(20,21)22)24-10-14-2-4-15(5-3-14)12-27-6-8-28-9-7-27/h2-5,13H,6-12H2,1H3,(H2,23,24,25). The Balaban J connectivity index is 1.44. The lowest BCUT2D eigenvalue weighted by atomic mass is 10.1. The van der Waals surface area contributed by atoms with Crippen molar-refractivity contribution in [3.8, 4) is 0 Å². The molecule has 2 aromatic rings. The quantitative estimate of drug-likeness (QED) is 0.548. The maximum atomic E-state index is 12.6. The van der Waals surface area contributed by atoms with Crippen molar-refractivity contribution in [3.05, 3.63) is 51.5 Å². The van der Waals surface area contributed by atoms with Gasteiger partial charge in [0.05, 0.1) is 19.8 Å². The van der Waals surface area contributed by atoms with E-state index in [2.05, 4.69) is 49.8 Å². The lowest BCUT2D eigenvalue weighted by Crippen LogP contribution is -2.36. The smallest absolute Gasteiger partial charge is 0.379 e. The maximum Gasteiger partial charge on any atom is 0.434 e. The molecule has 0 unspecified atom stereocenters. The molecule has 10 heteroatoms. The van der Waals surface area contributed by atoms with Gasteiger partial charge in [-0.2, -0.15) is 13.2 Å². The van der Waals surface area contributed by atoms with Gasteiger partial charge in [0.2, 0.25) is 0 Å². The molecular formula is C19H24F3N5OS. The predicted molar refractivity (Wildman–Crippen MR) is 107 cm³/mol. The lowest BCUT2D eigenvalue weighted by Gasteiger charge is -2.26. The SMILES string of the molecule is CN=C(NCc1ccc(CN2CCOCC2)cc1)NCc1nc(C(F)(F)F)cs1. The second-order valence-corrected chi connectivity index (χ2v) is 7.55. The fourth-order valence-electron chi connectivity index (χ4n) is 2.87. The lowest BCUT2D eigenvalue weighted by molar-refractivity contribution is -0.140. The highest BCUT2D eigenvalue weighted by atomic mass is 32.1. The molecule has 1 fully saturated rings. The van der Waals surface area contributed by atoms with Crippen molar-refractivity contribution in [2.24, 2.45) is 4.99 Å². The highest BCUT2D eigenvalue weighted by Crippen LogP contribution is 2.29. The van der Waals surface area contributed by atoms with Crippen molar-refractivity contribution in [1.82, 2.24) is 20.5 Å². The third-order valence-electron chi connectivity index (χ3n) is 4.47.